The zero-order valence-electron chi connectivity index (χ0n) is 22.4. The van der Waals surface area contributed by atoms with Crippen LogP contribution in [0.2, 0.25) is 5.02 Å². The van der Waals surface area contributed by atoms with Crippen molar-refractivity contribution >= 4 is 34.0 Å². The summed E-state index contributed by atoms with van der Waals surface area (Å²) in [6.45, 7) is 6.48. The molecule has 6 nitrogen and oxygen atoms in total. The zero-order valence-corrected chi connectivity index (χ0v) is 23.1. The fourth-order valence-electron chi connectivity index (χ4n) is 4.24. The SMILES string of the molecule is C.C.C#Cc1cc2c(Nc3ccc(F)c(Cl)c3)ncnc2cc1OC.CCCCN1CC2CC2C1.CN(C)C. The Balaban J connectivity index is 0.000000395. The summed E-state index contributed by atoms with van der Waals surface area (Å²) in [7, 11) is 7.54. The quantitative estimate of drug-likeness (QED) is 0.320. The Morgan fingerprint density at radius 2 is 1.82 bits per heavy atom. The highest BCUT2D eigenvalue weighted by Gasteiger charge is 2.44. The average molecular weight is 558 g/mol. The zero-order chi connectivity index (χ0) is 26.9. The third-order valence-corrected chi connectivity index (χ3v) is 6.47. The van der Waals surface area contributed by atoms with Gasteiger partial charge >= 0.3 is 0 Å². The van der Waals surface area contributed by atoms with Crippen LogP contribution >= 0.6 is 11.6 Å². The molecule has 1 aromatic heterocycles. The van der Waals surface area contributed by atoms with Crippen LogP contribution in [-0.4, -0.2) is 67.7 Å². The first-order valence-electron chi connectivity index (χ1n) is 12.6. The van der Waals surface area contributed by atoms with Crippen molar-refractivity contribution in [3.63, 3.8) is 0 Å². The molecule has 3 aromatic rings. The van der Waals surface area contributed by atoms with Crippen LogP contribution < -0.4 is 10.1 Å². The van der Waals surface area contributed by atoms with E-state index < -0.39 is 5.82 Å². The van der Waals surface area contributed by atoms with E-state index in [1.165, 1.54) is 50.9 Å². The molecule has 39 heavy (non-hydrogen) atoms. The topological polar surface area (TPSA) is 53.5 Å². The first-order valence-corrected chi connectivity index (χ1v) is 13.0. The number of fused-ring (bicyclic) bond motifs is 2. The van der Waals surface area contributed by atoms with Gasteiger partial charge in [0.2, 0.25) is 0 Å². The monoisotopic (exact) mass is 557 g/mol. The number of methoxy groups -OCH3 is 1. The summed E-state index contributed by atoms with van der Waals surface area (Å²) in [5.74, 6) is 5.43. The number of halogens is 2. The number of terminal acetylenes is 1. The standard InChI is InChI=1S/C17H11ClFN3O.C9H17N.C3H9N.2CH4/c1-3-10-6-12-15(8-16(10)23-2)20-9-21-17(12)22-11-4-5-14(19)13(18)7-11;1-2-3-4-10-6-8-5-9(8)7-10;1-4(2)3;;/h1,4-9H,2H3,(H,20,21,22);8-9H,2-7H2,1H3;1-3H3;2*1H4. The lowest BCUT2D eigenvalue weighted by Crippen LogP contribution is -2.23. The maximum absolute atomic E-state index is 13.3. The number of likely N-dealkylation sites (tertiary alicyclic amines) is 1. The third kappa shape index (κ3) is 9.96. The molecule has 0 spiro atoms. The smallest absolute Gasteiger partial charge is 0.141 e. The summed E-state index contributed by atoms with van der Waals surface area (Å²) in [6, 6.07) is 7.85. The first kappa shape index (κ1) is 34.1. The van der Waals surface area contributed by atoms with Gasteiger partial charge in [0.05, 0.1) is 23.2 Å². The highest BCUT2D eigenvalue weighted by Crippen LogP contribution is 2.44. The molecule has 2 unspecified atom stereocenters. The molecule has 0 bridgehead atoms. The number of anilines is 2. The Hall–Kier alpha value is -2.92. The molecule has 1 aliphatic carbocycles. The van der Waals surface area contributed by atoms with E-state index in [0.717, 1.165) is 17.2 Å². The minimum absolute atomic E-state index is 0. The fraction of sp³-hybridized carbons (Fsp3) is 0.484. The van der Waals surface area contributed by atoms with Crippen LogP contribution in [0.3, 0.4) is 0 Å². The number of nitrogens with zero attached hydrogens (tertiary/aromatic N) is 4. The number of rotatable bonds is 6. The van der Waals surface area contributed by atoms with Crippen LogP contribution in [0.15, 0.2) is 36.7 Å². The van der Waals surface area contributed by atoms with E-state index in [9.17, 15) is 4.39 Å². The van der Waals surface area contributed by atoms with Crippen molar-refractivity contribution in [1.29, 1.82) is 0 Å². The highest BCUT2D eigenvalue weighted by atomic mass is 35.5. The van der Waals surface area contributed by atoms with Crippen molar-refractivity contribution in [2.75, 3.05) is 53.2 Å². The van der Waals surface area contributed by atoms with E-state index in [2.05, 4.69) is 33.0 Å². The van der Waals surface area contributed by atoms with Crippen molar-refractivity contribution in [2.24, 2.45) is 11.8 Å². The number of benzene rings is 2. The summed E-state index contributed by atoms with van der Waals surface area (Å²) < 4.78 is 18.5. The van der Waals surface area contributed by atoms with Gasteiger partial charge in [0, 0.05) is 30.2 Å². The summed E-state index contributed by atoms with van der Waals surface area (Å²) in [5, 5.41) is 3.84. The van der Waals surface area contributed by atoms with Gasteiger partial charge in [-0.1, -0.05) is 45.7 Å². The second kappa shape index (κ2) is 16.2. The number of piperidine rings is 1. The molecule has 2 atom stereocenters. The van der Waals surface area contributed by atoms with E-state index >= 15 is 0 Å². The van der Waals surface area contributed by atoms with E-state index in [1.54, 1.807) is 31.7 Å². The number of ether oxygens (including phenoxy) is 1. The van der Waals surface area contributed by atoms with Crippen LogP contribution in [0.5, 0.6) is 5.75 Å². The Morgan fingerprint density at radius 1 is 1.15 bits per heavy atom. The molecule has 214 valence electrons. The minimum Gasteiger partial charge on any atom is -0.495 e. The number of nitrogens with one attached hydrogen (secondary N) is 1. The van der Waals surface area contributed by atoms with Crippen LogP contribution in [0.4, 0.5) is 15.9 Å². The molecule has 0 radical (unpaired) electrons. The average Bonchev–Trinajstić information content (AvgIpc) is 3.49. The second-order valence-electron chi connectivity index (χ2n) is 9.90. The van der Waals surface area contributed by atoms with Crippen molar-refractivity contribution in [2.45, 2.75) is 41.0 Å². The molecule has 5 rings (SSSR count). The Labute approximate surface area is 239 Å². The van der Waals surface area contributed by atoms with Crippen LogP contribution in [0, 0.1) is 30.0 Å². The van der Waals surface area contributed by atoms with E-state index in [4.69, 9.17) is 22.8 Å². The van der Waals surface area contributed by atoms with Crippen molar-refractivity contribution < 1.29 is 9.13 Å². The largest absolute Gasteiger partial charge is 0.495 e. The van der Waals surface area contributed by atoms with Gasteiger partial charge in [0.25, 0.3) is 0 Å². The molecule has 2 aliphatic rings. The number of hydrogen-bond donors (Lipinski definition) is 1. The highest BCUT2D eigenvalue weighted by molar-refractivity contribution is 6.31. The predicted molar refractivity (Wildman–Crippen MR) is 165 cm³/mol. The summed E-state index contributed by atoms with van der Waals surface area (Å²) in [6.07, 6.45) is 11.2. The van der Waals surface area contributed by atoms with Crippen LogP contribution in [-0.2, 0) is 0 Å². The van der Waals surface area contributed by atoms with Gasteiger partial charge in [0.1, 0.15) is 23.7 Å². The Morgan fingerprint density at radius 3 is 2.38 bits per heavy atom. The van der Waals surface area contributed by atoms with E-state index in [1.807, 2.05) is 26.0 Å². The fourth-order valence-corrected chi connectivity index (χ4v) is 4.42. The number of hydrogen-bond acceptors (Lipinski definition) is 6. The molecule has 2 heterocycles. The number of unbranched alkanes of at least 4 members (excludes halogenated alkanes) is 1. The normalized spacial score (nSPS) is 16.8. The molecule has 2 fully saturated rings. The summed E-state index contributed by atoms with van der Waals surface area (Å²) >= 11 is 5.79. The first-order chi connectivity index (χ1) is 17.7. The summed E-state index contributed by atoms with van der Waals surface area (Å²) in [4.78, 5) is 13.1. The lowest BCUT2D eigenvalue weighted by Gasteiger charge is -2.15. The third-order valence-electron chi connectivity index (χ3n) is 6.18. The Kier molecular flexibility index (Phi) is 14.2. The van der Waals surface area contributed by atoms with Gasteiger partial charge in [-0.15, -0.1) is 6.42 Å². The molecular weight excluding hydrogens is 513 g/mol. The van der Waals surface area contributed by atoms with Gasteiger partial charge in [-0.25, -0.2) is 14.4 Å². The van der Waals surface area contributed by atoms with E-state index in [0.29, 0.717) is 28.3 Å². The lowest BCUT2D eigenvalue weighted by molar-refractivity contribution is 0.300. The maximum atomic E-state index is 13.3. The molecule has 1 N–H and O–H groups in total. The maximum Gasteiger partial charge on any atom is 0.141 e. The second-order valence-corrected chi connectivity index (χ2v) is 10.3. The van der Waals surface area contributed by atoms with Crippen molar-refractivity contribution in [3.05, 3.63) is 53.1 Å². The number of aromatic nitrogens is 2. The Bertz CT molecular complexity index is 1220. The van der Waals surface area contributed by atoms with E-state index in [-0.39, 0.29) is 19.9 Å². The minimum atomic E-state index is -0.482. The van der Waals surface area contributed by atoms with Crippen LogP contribution in [0.1, 0.15) is 46.6 Å². The van der Waals surface area contributed by atoms with Gasteiger partial charge in [0.15, 0.2) is 0 Å². The molecule has 8 heteroatoms. The summed E-state index contributed by atoms with van der Waals surface area (Å²) in [5.41, 5.74) is 1.87. The molecule has 1 saturated heterocycles. The van der Waals surface area contributed by atoms with Gasteiger partial charge < -0.3 is 19.9 Å². The molecule has 0 amide bonds. The lowest BCUT2D eigenvalue weighted by atomic mass is 10.1. The van der Waals surface area contributed by atoms with Gasteiger partial charge in [-0.05, 0) is 76.6 Å². The molecule has 1 saturated carbocycles. The van der Waals surface area contributed by atoms with Crippen LogP contribution in [0.25, 0.3) is 10.9 Å². The van der Waals surface area contributed by atoms with Gasteiger partial charge in [-0.2, -0.15) is 0 Å². The molecule has 2 aromatic carbocycles. The van der Waals surface area contributed by atoms with Crippen molar-refractivity contribution in [3.8, 4) is 18.1 Å². The molecule has 1 aliphatic heterocycles. The predicted octanol–water partition coefficient (Wildman–Crippen LogP) is 7.34. The van der Waals surface area contributed by atoms with Crippen molar-refractivity contribution in [1.82, 2.24) is 19.8 Å². The molecular formula is C31H45ClFN5O. The van der Waals surface area contributed by atoms with Gasteiger partial charge in [-0.3, -0.25) is 0 Å².